The summed E-state index contributed by atoms with van der Waals surface area (Å²) >= 11 is 0. The fourth-order valence-electron chi connectivity index (χ4n) is 1.65. The third-order valence-corrected chi connectivity index (χ3v) is 2.53. The van der Waals surface area contributed by atoms with E-state index in [1.165, 1.54) is 11.8 Å². The van der Waals surface area contributed by atoms with Gasteiger partial charge in [-0.05, 0) is 24.1 Å². The van der Waals surface area contributed by atoms with E-state index in [0.717, 1.165) is 16.9 Å². The van der Waals surface area contributed by atoms with E-state index in [9.17, 15) is 9.59 Å². The molecule has 0 aliphatic rings. The highest BCUT2D eigenvalue weighted by Crippen LogP contribution is 2.19. The van der Waals surface area contributed by atoms with E-state index in [1.54, 1.807) is 14.2 Å². The number of nitrogens with zero attached hydrogens (tertiary/aromatic N) is 1. The van der Waals surface area contributed by atoms with Gasteiger partial charge in [0.2, 0.25) is 5.78 Å². The van der Waals surface area contributed by atoms with E-state index in [-0.39, 0.29) is 0 Å². The minimum atomic E-state index is -0.474. The molecule has 0 fully saturated rings. The number of Topliss-reactive ketones (excluding diaryl/α,β-unsaturated/α-hetero) is 1. The van der Waals surface area contributed by atoms with Gasteiger partial charge in [-0.3, -0.25) is 9.59 Å². The maximum Gasteiger partial charge on any atom is 0.289 e. The van der Waals surface area contributed by atoms with Gasteiger partial charge in [-0.2, -0.15) is 0 Å². The summed E-state index contributed by atoms with van der Waals surface area (Å²) in [6.07, 6.45) is 0. The normalized spacial score (nSPS) is 9.88. The third-order valence-electron chi connectivity index (χ3n) is 2.53. The number of likely N-dealkylation sites (N-methyl/N-ethyl adjacent to an activating group) is 1. The molecule has 0 heterocycles. The van der Waals surface area contributed by atoms with Crippen LogP contribution in [0.1, 0.15) is 18.1 Å². The summed E-state index contributed by atoms with van der Waals surface area (Å²) in [6.45, 7) is 3.64. The molecule has 0 unspecified atom stereocenters. The van der Waals surface area contributed by atoms with Crippen LogP contribution in [0.4, 0.5) is 0 Å². The number of aryl methyl sites for hydroxylation is 1. The van der Waals surface area contributed by atoms with Crippen molar-refractivity contribution in [2.24, 2.45) is 0 Å². The van der Waals surface area contributed by atoms with Crippen molar-refractivity contribution >= 4 is 11.7 Å². The predicted molar refractivity (Wildman–Crippen MR) is 64.9 cm³/mol. The van der Waals surface area contributed by atoms with Gasteiger partial charge in [0.1, 0.15) is 5.75 Å². The smallest absolute Gasteiger partial charge is 0.289 e. The van der Waals surface area contributed by atoms with Crippen molar-refractivity contribution < 1.29 is 14.3 Å². The molecular formula is C13H17NO3. The van der Waals surface area contributed by atoms with Gasteiger partial charge < -0.3 is 9.64 Å². The van der Waals surface area contributed by atoms with Crippen LogP contribution < -0.4 is 4.74 Å². The number of amides is 1. The first-order valence-electron chi connectivity index (χ1n) is 5.35. The first-order valence-corrected chi connectivity index (χ1v) is 5.35. The van der Waals surface area contributed by atoms with Crippen molar-refractivity contribution in [3.63, 3.8) is 0 Å². The number of hydrogen-bond donors (Lipinski definition) is 0. The number of rotatable bonds is 4. The predicted octanol–water partition coefficient (Wildman–Crippen LogP) is 1.55. The van der Waals surface area contributed by atoms with Crippen molar-refractivity contribution in [2.45, 2.75) is 20.4 Å². The van der Waals surface area contributed by atoms with Gasteiger partial charge in [-0.1, -0.05) is 12.1 Å². The zero-order chi connectivity index (χ0) is 13.0. The molecule has 0 spiro atoms. The van der Waals surface area contributed by atoms with E-state index < -0.39 is 11.7 Å². The van der Waals surface area contributed by atoms with Crippen LogP contribution in [-0.2, 0) is 16.1 Å². The van der Waals surface area contributed by atoms with Gasteiger partial charge in [0.15, 0.2) is 0 Å². The lowest BCUT2D eigenvalue weighted by Crippen LogP contribution is -2.31. The summed E-state index contributed by atoms with van der Waals surface area (Å²) in [5.74, 6) is -0.106. The molecule has 17 heavy (non-hydrogen) atoms. The molecular weight excluding hydrogens is 218 g/mol. The van der Waals surface area contributed by atoms with Crippen LogP contribution in [0.25, 0.3) is 0 Å². The fraction of sp³-hybridized carbons (Fsp3) is 0.385. The summed E-state index contributed by atoms with van der Waals surface area (Å²) in [5, 5.41) is 0. The zero-order valence-electron chi connectivity index (χ0n) is 10.6. The first-order chi connectivity index (χ1) is 7.95. The second kappa shape index (κ2) is 5.48. The van der Waals surface area contributed by atoms with Crippen LogP contribution in [-0.4, -0.2) is 30.7 Å². The SMILES string of the molecule is COc1ccc(CN(C)C(=O)C(C)=O)cc1C. The Hall–Kier alpha value is -1.84. The maximum absolute atomic E-state index is 11.4. The van der Waals surface area contributed by atoms with Crippen molar-refractivity contribution in [2.75, 3.05) is 14.2 Å². The fourth-order valence-corrected chi connectivity index (χ4v) is 1.65. The number of benzene rings is 1. The molecule has 1 amide bonds. The molecule has 1 rings (SSSR count). The van der Waals surface area contributed by atoms with Crippen molar-refractivity contribution in [1.82, 2.24) is 4.90 Å². The van der Waals surface area contributed by atoms with Crippen LogP contribution in [0.2, 0.25) is 0 Å². The van der Waals surface area contributed by atoms with E-state index in [0.29, 0.717) is 6.54 Å². The Bertz CT molecular complexity index is 440. The van der Waals surface area contributed by atoms with Gasteiger partial charge in [0.05, 0.1) is 7.11 Å². The number of ketones is 1. The summed E-state index contributed by atoms with van der Waals surface area (Å²) in [5.41, 5.74) is 1.98. The van der Waals surface area contributed by atoms with E-state index >= 15 is 0 Å². The van der Waals surface area contributed by atoms with Gasteiger partial charge in [-0.15, -0.1) is 0 Å². The molecule has 0 aromatic heterocycles. The zero-order valence-corrected chi connectivity index (χ0v) is 10.6. The largest absolute Gasteiger partial charge is 0.496 e. The lowest BCUT2D eigenvalue weighted by atomic mass is 10.1. The summed E-state index contributed by atoms with van der Waals surface area (Å²) in [7, 11) is 3.23. The Morgan fingerprint density at radius 1 is 1.35 bits per heavy atom. The van der Waals surface area contributed by atoms with Crippen LogP contribution >= 0.6 is 0 Å². The highest BCUT2D eigenvalue weighted by Gasteiger charge is 2.14. The Kier molecular flexibility index (Phi) is 4.26. The monoisotopic (exact) mass is 235 g/mol. The molecule has 1 aromatic carbocycles. The van der Waals surface area contributed by atoms with E-state index in [4.69, 9.17) is 4.74 Å². The summed E-state index contributed by atoms with van der Waals surface area (Å²) in [6, 6.07) is 5.69. The molecule has 1 aromatic rings. The Labute approximate surface area is 101 Å². The molecule has 0 aliphatic carbocycles. The quantitative estimate of drug-likeness (QED) is 0.744. The van der Waals surface area contributed by atoms with Gasteiger partial charge in [0.25, 0.3) is 5.91 Å². The first kappa shape index (κ1) is 13.2. The Balaban J connectivity index is 2.79. The number of ether oxygens (including phenoxy) is 1. The van der Waals surface area contributed by atoms with Crippen molar-refractivity contribution in [3.8, 4) is 5.75 Å². The Morgan fingerprint density at radius 2 is 2.00 bits per heavy atom. The molecule has 4 heteroatoms. The lowest BCUT2D eigenvalue weighted by Gasteiger charge is -2.16. The van der Waals surface area contributed by atoms with Gasteiger partial charge in [-0.25, -0.2) is 0 Å². The van der Waals surface area contributed by atoms with Crippen LogP contribution in [0.3, 0.4) is 0 Å². The molecule has 0 radical (unpaired) electrons. The molecule has 0 saturated carbocycles. The highest BCUT2D eigenvalue weighted by atomic mass is 16.5. The molecule has 92 valence electrons. The second-order valence-electron chi connectivity index (χ2n) is 4.02. The van der Waals surface area contributed by atoms with Crippen molar-refractivity contribution in [1.29, 1.82) is 0 Å². The average Bonchev–Trinajstić information content (AvgIpc) is 2.28. The topological polar surface area (TPSA) is 46.6 Å². The molecule has 0 aliphatic heterocycles. The van der Waals surface area contributed by atoms with Crippen LogP contribution in [0.15, 0.2) is 18.2 Å². The Morgan fingerprint density at radius 3 is 2.47 bits per heavy atom. The average molecular weight is 235 g/mol. The maximum atomic E-state index is 11.4. The number of carbonyl (C=O) groups excluding carboxylic acids is 2. The van der Waals surface area contributed by atoms with Crippen molar-refractivity contribution in [3.05, 3.63) is 29.3 Å². The summed E-state index contributed by atoms with van der Waals surface area (Å²) in [4.78, 5) is 23.7. The van der Waals surface area contributed by atoms with Gasteiger partial charge in [0, 0.05) is 20.5 Å². The number of hydrogen-bond acceptors (Lipinski definition) is 3. The van der Waals surface area contributed by atoms with Crippen LogP contribution in [0, 0.1) is 6.92 Å². The van der Waals surface area contributed by atoms with E-state index in [1.807, 2.05) is 25.1 Å². The number of methoxy groups -OCH3 is 1. The molecule has 0 saturated heterocycles. The minimum Gasteiger partial charge on any atom is -0.496 e. The molecule has 0 N–H and O–H groups in total. The highest BCUT2D eigenvalue weighted by molar-refractivity contribution is 6.34. The molecule has 0 bridgehead atoms. The number of carbonyl (C=O) groups is 2. The third kappa shape index (κ3) is 3.31. The van der Waals surface area contributed by atoms with Gasteiger partial charge >= 0.3 is 0 Å². The van der Waals surface area contributed by atoms with Crippen LogP contribution in [0.5, 0.6) is 5.75 Å². The van der Waals surface area contributed by atoms with E-state index in [2.05, 4.69) is 0 Å². The lowest BCUT2D eigenvalue weighted by molar-refractivity contribution is -0.143. The summed E-state index contributed by atoms with van der Waals surface area (Å²) < 4.78 is 5.16. The molecule has 4 nitrogen and oxygen atoms in total. The minimum absolute atomic E-state index is 0.420. The second-order valence-corrected chi connectivity index (χ2v) is 4.02. The standard InChI is InChI=1S/C13H17NO3/c1-9-7-11(5-6-12(9)17-4)8-14(3)13(16)10(2)15/h5-7H,8H2,1-4H3. The molecule has 0 atom stereocenters.